The predicted octanol–water partition coefficient (Wildman–Crippen LogP) is 2.63. The Hall–Kier alpha value is -3.67. The zero-order chi connectivity index (χ0) is 20.5. The Labute approximate surface area is 169 Å². The maximum Gasteiger partial charge on any atom is 0.242 e. The van der Waals surface area contributed by atoms with Crippen molar-refractivity contribution in [3.05, 3.63) is 83.9 Å². The average molecular weight is 389 g/mol. The quantitative estimate of drug-likeness (QED) is 0.543. The number of rotatable bonds is 7. The molecule has 0 heterocycles. The van der Waals surface area contributed by atoms with Crippen LogP contribution in [0.4, 0.5) is 0 Å². The van der Waals surface area contributed by atoms with E-state index in [-0.39, 0.29) is 31.1 Å². The van der Waals surface area contributed by atoms with Crippen LogP contribution in [0.1, 0.15) is 24.0 Å². The van der Waals surface area contributed by atoms with Gasteiger partial charge in [0.1, 0.15) is 0 Å². The molecule has 0 aromatic heterocycles. The lowest BCUT2D eigenvalue weighted by molar-refractivity contribution is -0.130. The maximum atomic E-state index is 12.2. The predicted molar refractivity (Wildman–Crippen MR) is 111 cm³/mol. The van der Waals surface area contributed by atoms with Crippen molar-refractivity contribution < 1.29 is 14.4 Å². The van der Waals surface area contributed by atoms with E-state index < -0.39 is 5.91 Å². The van der Waals surface area contributed by atoms with Crippen LogP contribution < -0.4 is 16.2 Å². The molecule has 0 bridgehead atoms. The minimum Gasteiger partial charge on any atom is -0.352 e. The molecule has 0 unspecified atom stereocenters. The monoisotopic (exact) mass is 389 g/mol. The van der Waals surface area contributed by atoms with Crippen molar-refractivity contribution >= 4 is 28.5 Å². The fourth-order valence-corrected chi connectivity index (χ4v) is 2.98. The molecule has 6 heteroatoms. The van der Waals surface area contributed by atoms with E-state index >= 15 is 0 Å². The number of nitrogens with one attached hydrogen (secondary N) is 3. The summed E-state index contributed by atoms with van der Waals surface area (Å²) in [5.74, 6) is -0.944. The summed E-state index contributed by atoms with van der Waals surface area (Å²) >= 11 is 0. The van der Waals surface area contributed by atoms with E-state index in [0.29, 0.717) is 6.54 Å². The Kier molecular flexibility index (Phi) is 6.95. The van der Waals surface area contributed by atoms with E-state index in [1.165, 1.54) is 0 Å². The molecule has 0 aliphatic heterocycles. The summed E-state index contributed by atoms with van der Waals surface area (Å²) in [6, 6.07) is 23.1. The molecule has 0 saturated heterocycles. The Morgan fingerprint density at radius 3 is 2.14 bits per heavy atom. The van der Waals surface area contributed by atoms with Crippen LogP contribution in [0.15, 0.2) is 72.8 Å². The number of amides is 3. The van der Waals surface area contributed by atoms with Crippen molar-refractivity contribution in [2.45, 2.75) is 25.8 Å². The van der Waals surface area contributed by atoms with Crippen molar-refractivity contribution in [2.24, 2.45) is 0 Å². The van der Waals surface area contributed by atoms with Gasteiger partial charge in [-0.2, -0.15) is 0 Å². The molecule has 3 amide bonds. The Balaban J connectivity index is 1.38. The number of hydrogen-bond acceptors (Lipinski definition) is 3. The van der Waals surface area contributed by atoms with Gasteiger partial charge < -0.3 is 5.32 Å². The summed E-state index contributed by atoms with van der Waals surface area (Å²) in [5, 5.41) is 4.83. The van der Waals surface area contributed by atoms with Crippen LogP contribution in [0.3, 0.4) is 0 Å². The zero-order valence-corrected chi connectivity index (χ0v) is 16.0. The highest BCUT2D eigenvalue weighted by molar-refractivity contribution is 5.91. The number of hydrogen-bond donors (Lipinski definition) is 3. The van der Waals surface area contributed by atoms with Gasteiger partial charge in [0.2, 0.25) is 17.7 Å². The fraction of sp³-hybridized carbons (Fsp3) is 0.174. The molecule has 0 spiro atoms. The van der Waals surface area contributed by atoms with Gasteiger partial charge in [-0.25, -0.2) is 0 Å². The first-order chi connectivity index (χ1) is 14.1. The molecule has 29 heavy (non-hydrogen) atoms. The van der Waals surface area contributed by atoms with Crippen molar-refractivity contribution in [1.29, 1.82) is 0 Å². The van der Waals surface area contributed by atoms with Gasteiger partial charge in [0, 0.05) is 19.4 Å². The first-order valence-corrected chi connectivity index (χ1v) is 9.47. The van der Waals surface area contributed by atoms with Gasteiger partial charge in [0.25, 0.3) is 0 Å². The van der Waals surface area contributed by atoms with Gasteiger partial charge in [0.15, 0.2) is 0 Å². The summed E-state index contributed by atoms with van der Waals surface area (Å²) in [7, 11) is 0. The summed E-state index contributed by atoms with van der Waals surface area (Å²) < 4.78 is 0. The van der Waals surface area contributed by atoms with Crippen LogP contribution in [0.25, 0.3) is 10.8 Å². The number of carbonyl (C=O) groups is 3. The topological polar surface area (TPSA) is 87.3 Å². The van der Waals surface area contributed by atoms with E-state index in [1.807, 2.05) is 72.8 Å². The van der Waals surface area contributed by atoms with Crippen LogP contribution >= 0.6 is 0 Å². The molecule has 0 aliphatic rings. The third-order valence-electron chi connectivity index (χ3n) is 4.48. The minimum atomic E-state index is -0.411. The zero-order valence-electron chi connectivity index (χ0n) is 16.0. The van der Waals surface area contributed by atoms with E-state index in [2.05, 4.69) is 16.2 Å². The minimum absolute atomic E-state index is 0.00479. The number of carbonyl (C=O) groups excluding carboxylic acids is 3. The van der Waals surface area contributed by atoms with Crippen molar-refractivity contribution in [1.82, 2.24) is 16.2 Å². The molecule has 6 nitrogen and oxygen atoms in total. The van der Waals surface area contributed by atoms with Crippen LogP contribution in [0, 0.1) is 0 Å². The van der Waals surface area contributed by atoms with E-state index in [1.54, 1.807) is 0 Å². The van der Waals surface area contributed by atoms with Gasteiger partial charge in [-0.05, 0) is 21.9 Å². The fourth-order valence-electron chi connectivity index (χ4n) is 2.98. The molecular weight excluding hydrogens is 366 g/mol. The van der Waals surface area contributed by atoms with Crippen LogP contribution in [-0.2, 0) is 27.3 Å². The van der Waals surface area contributed by atoms with Crippen molar-refractivity contribution in [3.63, 3.8) is 0 Å². The molecule has 148 valence electrons. The first kappa shape index (κ1) is 20.1. The molecule has 3 aromatic carbocycles. The smallest absolute Gasteiger partial charge is 0.242 e. The summed E-state index contributed by atoms with van der Waals surface area (Å²) in [5.41, 5.74) is 6.64. The normalized spacial score (nSPS) is 10.3. The molecule has 0 fully saturated rings. The van der Waals surface area contributed by atoms with E-state index in [4.69, 9.17) is 0 Å². The van der Waals surface area contributed by atoms with Gasteiger partial charge in [0.05, 0.1) is 6.42 Å². The maximum absolute atomic E-state index is 12.2. The standard InChI is InChI=1S/C23H23N3O3/c27-21(24-16-17-7-2-1-3-8-17)13-14-22(28)25-26-23(29)15-19-11-6-10-18-9-4-5-12-20(18)19/h1-12H,13-16H2,(H,24,27)(H,25,28)(H,26,29). The average Bonchev–Trinajstić information content (AvgIpc) is 2.76. The molecule has 0 atom stereocenters. The van der Waals surface area contributed by atoms with Gasteiger partial charge >= 0.3 is 0 Å². The highest BCUT2D eigenvalue weighted by atomic mass is 16.2. The molecule has 0 saturated carbocycles. The third kappa shape index (κ3) is 6.17. The summed E-state index contributed by atoms with van der Waals surface area (Å²) in [4.78, 5) is 35.9. The molecule has 3 rings (SSSR count). The second kappa shape index (κ2) is 10.0. The van der Waals surface area contributed by atoms with Crippen LogP contribution in [0.5, 0.6) is 0 Å². The van der Waals surface area contributed by atoms with Crippen molar-refractivity contribution in [3.8, 4) is 0 Å². The van der Waals surface area contributed by atoms with Gasteiger partial charge in [-0.1, -0.05) is 72.8 Å². The lowest BCUT2D eigenvalue weighted by atomic mass is 10.0. The summed E-state index contributed by atoms with van der Waals surface area (Å²) in [6.07, 6.45) is 0.201. The second-order valence-electron chi connectivity index (χ2n) is 6.67. The lowest BCUT2D eigenvalue weighted by Gasteiger charge is -2.09. The van der Waals surface area contributed by atoms with Crippen LogP contribution in [0.2, 0.25) is 0 Å². The van der Waals surface area contributed by atoms with Crippen LogP contribution in [-0.4, -0.2) is 17.7 Å². The lowest BCUT2D eigenvalue weighted by Crippen LogP contribution is -2.42. The first-order valence-electron chi connectivity index (χ1n) is 9.47. The molecule has 3 aromatic rings. The highest BCUT2D eigenvalue weighted by Gasteiger charge is 2.10. The third-order valence-corrected chi connectivity index (χ3v) is 4.48. The van der Waals surface area contributed by atoms with Crippen molar-refractivity contribution in [2.75, 3.05) is 0 Å². The van der Waals surface area contributed by atoms with E-state index in [0.717, 1.165) is 21.9 Å². The van der Waals surface area contributed by atoms with Gasteiger partial charge in [-0.3, -0.25) is 25.2 Å². The second-order valence-corrected chi connectivity index (χ2v) is 6.67. The summed E-state index contributed by atoms with van der Waals surface area (Å²) in [6.45, 7) is 0.420. The Morgan fingerprint density at radius 2 is 1.31 bits per heavy atom. The molecule has 0 aliphatic carbocycles. The largest absolute Gasteiger partial charge is 0.352 e. The molecule has 0 radical (unpaired) electrons. The Bertz CT molecular complexity index is 997. The highest BCUT2D eigenvalue weighted by Crippen LogP contribution is 2.18. The number of fused-ring (bicyclic) bond motifs is 1. The molecule has 3 N–H and O–H groups in total. The molecular formula is C23H23N3O3. The Morgan fingerprint density at radius 1 is 0.655 bits per heavy atom. The van der Waals surface area contributed by atoms with Gasteiger partial charge in [-0.15, -0.1) is 0 Å². The number of benzene rings is 3. The SMILES string of the molecule is O=C(CCC(=O)NNC(=O)Cc1cccc2ccccc12)NCc1ccccc1. The van der Waals surface area contributed by atoms with E-state index in [9.17, 15) is 14.4 Å². The number of hydrazine groups is 1.